The van der Waals surface area contributed by atoms with Gasteiger partial charge in [0, 0.05) is 12.5 Å². The van der Waals surface area contributed by atoms with Gasteiger partial charge in [0.05, 0.1) is 41.2 Å². The molecule has 0 radical (unpaired) electrons. The van der Waals surface area contributed by atoms with E-state index in [0.29, 0.717) is 101 Å². The number of ether oxygens (including phenoxy) is 10. The van der Waals surface area contributed by atoms with Crippen LogP contribution < -0.4 is 73.1 Å². The molecule has 2 fully saturated rings. The van der Waals surface area contributed by atoms with Crippen LogP contribution in [0, 0.1) is 5.92 Å². The Bertz CT molecular complexity index is 2880. The SMILES string of the molecule is COc1cc(C(=O)NCCCCN2CCC[I-](CCCNC(=O)c3cc(OC)c(OCCOCCN)c(OC)c3)(COC(NC(=O)OCc3ccc(OP4(=O)OCC(OP(=O)(O)O)CO4)c(C(=O)OCC(=O)C(C)C)c3)C(F)(F)F)CC2)cc(OC)c1OC. The number of unbranched alkanes of at least 4 members (excludes halogenated alkanes) is 1. The first-order chi connectivity index (χ1) is 42.3. The summed E-state index contributed by atoms with van der Waals surface area (Å²) in [4.78, 5) is 86.2. The van der Waals surface area contributed by atoms with Crippen molar-refractivity contribution in [1.82, 2.24) is 20.9 Å². The van der Waals surface area contributed by atoms with Gasteiger partial charge >= 0.3 is 366 Å². The molecule has 3 amide bonds. The van der Waals surface area contributed by atoms with Crippen LogP contribution in [-0.2, 0) is 53.1 Å². The van der Waals surface area contributed by atoms with Crippen LogP contribution in [0.5, 0.6) is 40.2 Å². The van der Waals surface area contributed by atoms with E-state index in [-0.39, 0.29) is 58.7 Å². The molecular formula is C55H80F3IN5O23P2-. The van der Waals surface area contributed by atoms with Crippen molar-refractivity contribution >= 4 is 45.3 Å². The van der Waals surface area contributed by atoms with Gasteiger partial charge in [-0.25, -0.2) is 9.13 Å². The zero-order valence-electron chi connectivity index (χ0n) is 50.5. The van der Waals surface area contributed by atoms with Crippen LogP contribution in [0.1, 0.15) is 76.2 Å². The van der Waals surface area contributed by atoms with Crippen LogP contribution in [0.2, 0.25) is 0 Å². The molecule has 3 aromatic carbocycles. The number of phosphoric ester groups is 2. The van der Waals surface area contributed by atoms with Gasteiger partial charge in [0.2, 0.25) is 5.75 Å². The van der Waals surface area contributed by atoms with E-state index in [1.165, 1.54) is 53.7 Å². The van der Waals surface area contributed by atoms with Crippen LogP contribution in [0.3, 0.4) is 0 Å². The molecular weight excluding hydrogens is 1340 g/mol. The number of carbonyl (C=O) groups is 5. The number of alkyl halides is 7. The quantitative estimate of drug-likeness (QED) is 0.0122. The van der Waals surface area contributed by atoms with Gasteiger partial charge in [-0.05, 0) is 0 Å². The molecule has 0 saturated carbocycles. The number of benzene rings is 3. The number of hydrogen-bond donors (Lipinski definition) is 6. The number of esters is 1. The molecule has 7 N–H and O–H groups in total. The van der Waals surface area contributed by atoms with Crippen molar-refractivity contribution in [2.75, 3.05) is 132 Å². The Labute approximate surface area is 517 Å². The summed E-state index contributed by atoms with van der Waals surface area (Å²) in [7, 11) is -2.43. The van der Waals surface area contributed by atoms with Crippen LogP contribution >= 0.6 is 15.6 Å². The van der Waals surface area contributed by atoms with Crippen molar-refractivity contribution in [3.05, 3.63) is 64.7 Å². The fourth-order valence-electron chi connectivity index (χ4n) is 8.68. The van der Waals surface area contributed by atoms with Crippen molar-refractivity contribution in [3.8, 4) is 40.2 Å². The minimum Gasteiger partial charge on any atom is -0.493 e. The van der Waals surface area contributed by atoms with E-state index in [1.807, 2.05) is 0 Å². The Balaban J connectivity index is 1.27. The number of halogens is 4. The van der Waals surface area contributed by atoms with E-state index < -0.39 is 120 Å². The molecule has 34 heteroatoms. The second-order valence-corrected chi connectivity index (χ2v) is 33.3. The number of rotatable bonds is 36. The van der Waals surface area contributed by atoms with Gasteiger partial charge in [-0.3, -0.25) is 18.4 Å². The maximum absolute atomic E-state index is 14.9. The van der Waals surface area contributed by atoms with Crippen LogP contribution in [0.15, 0.2) is 42.5 Å². The second-order valence-electron chi connectivity index (χ2n) is 20.1. The summed E-state index contributed by atoms with van der Waals surface area (Å²) in [6.45, 7) is 3.69. The maximum atomic E-state index is 14.9. The van der Waals surface area contributed by atoms with Crippen LogP contribution in [0.4, 0.5) is 18.0 Å². The summed E-state index contributed by atoms with van der Waals surface area (Å²) in [5.74, 6) is -1.84. The normalized spacial score (nSPS) is 19.1. The molecule has 2 aliphatic heterocycles. The van der Waals surface area contributed by atoms with Crippen LogP contribution in [-0.4, -0.2) is 195 Å². The first-order valence-electron chi connectivity index (χ1n) is 28.0. The number of nitrogens with zero attached hydrogens (tertiary/aromatic N) is 1. The molecule has 502 valence electrons. The van der Waals surface area contributed by atoms with Gasteiger partial charge in [0.25, 0.3) is 0 Å². The van der Waals surface area contributed by atoms with Gasteiger partial charge in [-0.15, -0.1) is 0 Å². The summed E-state index contributed by atoms with van der Waals surface area (Å²) < 4.78 is 145. The Morgan fingerprint density at radius 3 is 1.96 bits per heavy atom. The monoisotopic (exact) mass is 1420 g/mol. The molecule has 2 unspecified atom stereocenters. The molecule has 3 aromatic rings. The standard InChI is InChI=1S/C55H80F3IN5O23P2/c1-36(2)42(65)34-81-52(68)41-26-37(12-13-43(41)87-89(73)84-32-40(33-85-89)86-88(70,71)72)31-82-54(69)63-53(55(56,57)58)83-35-59(14-10-19-62-51(67)39-29-46(76-5)49(47(30-39)77-6)80-25-24-79-23-17-60)15-11-21-64(22-16-59)20-9-8-18-61-50(66)38-27-44(74-3)48(78-7)45(28-38)75-4/h12-13,26-30,36,40,53H,8-11,14-25,31-35,60H2,1-7H3,(H,61,66)(H,62,67)(H,63,69)(H2,70,71,72)/q-1. The zero-order chi connectivity index (χ0) is 65.4. The third kappa shape index (κ3) is 23.8. The Morgan fingerprint density at radius 2 is 1.39 bits per heavy atom. The number of Topliss-reactive ketones (excluding diaryl/α,β-unsaturated/α-hetero) is 1. The minimum atomic E-state index is -5.14. The third-order valence-electron chi connectivity index (χ3n) is 13.3. The number of amides is 3. The van der Waals surface area contributed by atoms with E-state index in [2.05, 4.69) is 20.1 Å². The summed E-state index contributed by atoms with van der Waals surface area (Å²) in [5, 5.41) is 7.59. The number of nitrogens with one attached hydrogen (secondary N) is 3. The first-order valence-corrected chi connectivity index (χ1v) is 37.1. The molecule has 5 rings (SSSR count). The number of alkyl carbamates (subject to hydrolysis) is 1. The summed E-state index contributed by atoms with van der Waals surface area (Å²) in [5.41, 5.74) is 5.46. The smallest absolute Gasteiger partial charge is 0.493 e. The topological polar surface area (TPSA) is 355 Å². The fourth-order valence-corrected chi connectivity index (χ4v) is 19.8. The number of ketones is 1. The summed E-state index contributed by atoms with van der Waals surface area (Å²) >= 11 is -3.46. The van der Waals surface area contributed by atoms with E-state index in [0.717, 1.165) is 12.1 Å². The molecule has 28 nitrogen and oxygen atoms in total. The van der Waals surface area contributed by atoms with Gasteiger partial charge < -0.3 is 34.5 Å². The van der Waals surface area contributed by atoms with Crippen molar-refractivity contribution in [2.45, 2.75) is 64.6 Å². The average Bonchev–Trinajstić information content (AvgIpc) is 2.99. The zero-order valence-corrected chi connectivity index (χ0v) is 54.5. The first kappa shape index (κ1) is 74.0. The third-order valence-corrected chi connectivity index (χ3v) is 25.8. The van der Waals surface area contributed by atoms with Gasteiger partial charge in [-0.1, -0.05) is 13.8 Å². The predicted octanol–water partition coefficient (Wildman–Crippen LogP) is 2.46. The molecule has 2 saturated heterocycles. The molecule has 0 aromatic heterocycles. The average molecular weight is 1430 g/mol. The fraction of sp³-hybridized carbons (Fsp3) is 0.582. The number of nitrogens with two attached hydrogens (primary N) is 1. The molecule has 89 heavy (non-hydrogen) atoms. The Morgan fingerprint density at radius 1 is 0.787 bits per heavy atom. The Kier molecular flexibility index (Phi) is 29.7. The van der Waals surface area contributed by atoms with Gasteiger partial charge in [0.15, 0.2) is 12.4 Å². The van der Waals surface area contributed by atoms with Crippen molar-refractivity contribution in [1.29, 1.82) is 0 Å². The van der Waals surface area contributed by atoms with E-state index in [9.17, 15) is 46.3 Å². The second kappa shape index (κ2) is 35.7. The molecule has 2 aliphatic rings. The van der Waals surface area contributed by atoms with Crippen LogP contribution in [0.25, 0.3) is 0 Å². The minimum absolute atomic E-state index is 0.0217. The summed E-state index contributed by atoms with van der Waals surface area (Å²) in [6.07, 6.45) is -8.58. The molecule has 2 heterocycles. The van der Waals surface area contributed by atoms with Crippen molar-refractivity contribution in [2.24, 2.45) is 11.7 Å². The summed E-state index contributed by atoms with van der Waals surface area (Å²) in [6, 6.07) is 9.36. The van der Waals surface area contributed by atoms with E-state index >= 15 is 0 Å². The predicted molar refractivity (Wildman–Crippen MR) is 308 cm³/mol. The molecule has 0 bridgehead atoms. The van der Waals surface area contributed by atoms with Crippen molar-refractivity contribution < 1.29 is 140 Å². The molecule has 0 aliphatic carbocycles. The molecule has 2 atom stereocenters. The Hall–Kier alpha value is -5.77. The van der Waals surface area contributed by atoms with Gasteiger partial charge in [0.1, 0.15) is 6.10 Å². The van der Waals surface area contributed by atoms with Crippen molar-refractivity contribution in [3.63, 3.8) is 0 Å². The number of phosphoric acid groups is 2. The van der Waals surface area contributed by atoms with E-state index in [4.69, 9.17) is 76.5 Å². The van der Waals surface area contributed by atoms with E-state index in [1.54, 1.807) is 31.3 Å². The number of carbonyl (C=O) groups excluding carboxylic acids is 5. The molecule has 0 spiro atoms. The van der Waals surface area contributed by atoms with Gasteiger partial charge in [-0.2, -0.15) is 0 Å². The number of methoxy groups -OCH3 is 5. The number of hydrogen-bond acceptors (Lipinski definition) is 23.